The molecule has 0 bridgehead atoms. The van der Waals surface area contributed by atoms with Crippen LogP contribution in [0.5, 0.6) is 0 Å². The summed E-state index contributed by atoms with van der Waals surface area (Å²) in [6, 6.07) is 0. The monoisotopic (exact) mass is 323 g/mol. The lowest BCUT2D eigenvalue weighted by molar-refractivity contribution is 0.122. The van der Waals surface area contributed by atoms with Crippen LogP contribution in [0.15, 0.2) is 0 Å². The van der Waals surface area contributed by atoms with Gasteiger partial charge < -0.3 is 9.64 Å². The Balaban J connectivity index is 1.88. The van der Waals surface area contributed by atoms with E-state index in [1.54, 1.807) is 11.3 Å². The molecular weight excluding hydrogens is 306 g/mol. The highest BCUT2D eigenvalue weighted by atomic mass is 35.5. The van der Waals surface area contributed by atoms with E-state index in [4.69, 9.17) is 16.3 Å². The topological polar surface area (TPSA) is 38.2 Å². The van der Waals surface area contributed by atoms with E-state index in [0.29, 0.717) is 5.28 Å². The Labute approximate surface area is 133 Å². The number of morpholine rings is 1. The van der Waals surface area contributed by atoms with E-state index in [2.05, 4.69) is 21.8 Å². The Morgan fingerprint density at radius 2 is 2.10 bits per heavy atom. The molecule has 1 saturated heterocycles. The zero-order valence-corrected chi connectivity index (χ0v) is 13.6. The molecule has 2 aromatic rings. The van der Waals surface area contributed by atoms with Gasteiger partial charge in [0.15, 0.2) is 0 Å². The van der Waals surface area contributed by atoms with Gasteiger partial charge in [0.2, 0.25) is 5.28 Å². The molecule has 4 nitrogen and oxygen atoms in total. The fourth-order valence-electron chi connectivity index (χ4n) is 3.30. The molecule has 1 aliphatic carbocycles. The summed E-state index contributed by atoms with van der Waals surface area (Å²) in [5.41, 5.74) is 1.46. The number of hydrogen-bond donors (Lipinski definition) is 0. The third-order valence-corrected chi connectivity index (χ3v) is 5.74. The predicted octanol–water partition coefficient (Wildman–Crippen LogP) is 3.31. The molecule has 2 aromatic heterocycles. The van der Waals surface area contributed by atoms with Gasteiger partial charge in [-0.1, -0.05) is 6.92 Å². The van der Waals surface area contributed by atoms with Crippen molar-refractivity contribution in [2.75, 3.05) is 31.2 Å². The van der Waals surface area contributed by atoms with Crippen molar-refractivity contribution in [3.8, 4) is 0 Å². The number of aromatic nitrogens is 2. The van der Waals surface area contributed by atoms with Crippen molar-refractivity contribution >= 4 is 39.0 Å². The van der Waals surface area contributed by atoms with E-state index < -0.39 is 0 Å². The molecule has 0 radical (unpaired) electrons. The van der Waals surface area contributed by atoms with Crippen molar-refractivity contribution in [3.05, 3.63) is 15.7 Å². The number of ether oxygens (including phenoxy) is 1. The lowest BCUT2D eigenvalue weighted by atomic mass is 9.89. The number of nitrogens with zero attached hydrogens (tertiary/aromatic N) is 3. The zero-order valence-electron chi connectivity index (χ0n) is 12.1. The highest BCUT2D eigenvalue weighted by Crippen LogP contribution is 2.41. The van der Waals surface area contributed by atoms with Gasteiger partial charge in [-0.3, -0.25) is 0 Å². The maximum absolute atomic E-state index is 6.16. The molecule has 1 unspecified atom stereocenters. The molecule has 2 aliphatic rings. The van der Waals surface area contributed by atoms with E-state index in [1.807, 2.05) is 0 Å². The molecule has 4 rings (SSSR count). The Morgan fingerprint density at radius 1 is 1.29 bits per heavy atom. The normalized spacial score (nSPS) is 22.6. The Kier molecular flexibility index (Phi) is 3.52. The largest absolute Gasteiger partial charge is 0.378 e. The second kappa shape index (κ2) is 5.38. The summed E-state index contributed by atoms with van der Waals surface area (Å²) in [6.07, 6.45) is 3.55. The van der Waals surface area contributed by atoms with Gasteiger partial charge >= 0.3 is 0 Å². The predicted molar refractivity (Wildman–Crippen MR) is 86.6 cm³/mol. The first-order chi connectivity index (χ1) is 10.2. The van der Waals surface area contributed by atoms with Crippen molar-refractivity contribution in [1.82, 2.24) is 9.97 Å². The van der Waals surface area contributed by atoms with Gasteiger partial charge in [0.25, 0.3) is 0 Å². The minimum atomic E-state index is 0.357. The van der Waals surface area contributed by atoms with E-state index in [9.17, 15) is 0 Å². The summed E-state index contributed by atoms with van der Waals surface area (Å²) in [7, 11) is 0. The minimum absolute atomic E-state index is 0.357. The van der Waals surface area contributed by atoms with Gasteiger partial charge in [-0.2, -0.15) is 4.98 Å². The SMILES string of the molecule is CC1CCc2c(sc3nc(Cl)nc(N4CCOCC4)c23)C1. The zero-order chi connectivity index (χ0) is 14.4. The van der Waals surface area contributed by atoms with Gasteiger partial charge in [0.1, 0.15) is 10.6 Å². The van der Waals surface area contributed by atoms with Crippen LogP contribution >= 0.6 is 22.9 Å². The average molecular weight is 324 g/mol. The maximum atomic E-state index is 6.16. The van der Waals surface area contributed by atoms with E-state index in [-0.39, 0.29) is 0 Å². The summed E-state index contributed by atoms with van der Waals surface area (Å²) >= 11 is 7.96. The lowest BCUT2D eigenvalue weighted by Crippen LogP contribution is -2.37. The molecule has 112 valence electrons. The highest BCUT2D eigenvalue weighted by Gasteiger charge is 2.26. The van der Waals surface area contributed by atoms with Crippen LogP contribution < -0.4 is 4.90 Å². The molecule has 0 amide bonds. The quantitative estimate of drug-likeness (QED) is 0.755. The molecule has 1 atom stereocenters. The van der Waals surface area contributed by atoms with Crippen LogP contribution in [0.25, 0.3) is 10.2 Å². The number of fused-ring (bicyclic) bond motifs is 3. The van der Waals surface area contributed by atoms with Crippen LogP contribution in [0.2, 0.25) is 5.28 Å². The first-order valence-corrected chi connectivity index (χ1v) is 8.72. The van der Waals surface area contributed by atoms with Gasteiger partial charge in [-0.25, -0.2) is 4.98 Å². The number of thiophene rings is 1. The van der Waals surface area contributed by atoms with Crippen LogP contribution in [0, 0.1) is 5.92 Å². The van der Waals surface area contributed by atoms with Crippen LogP contribution in [-0.2, 0) is 17.6 Å². The molecule has 0 aromatic carbocycles. The molecule has 1 aliphatic heterocycles. The van der Waals surface area contributed by atoms with Crippen molar-refractivity contribution in [2.24, 2.45) is 5.92 Å². The van der Waals surface area contributed by atoms with Crippen molar-refractivity contribution in [2.45, 2.75) is 26.2 Å². The molecular formula is C15H18ClN3OS. The van der Waals surface area contributed by atoms with E-state index >= 15 is 0 Å². The smallest absolute Gasteiger partial charge is 0.225 e. The molecule has 3 heterocycles. The Morgan fingerprint density at radius 3 is 2.90 bits per heavy atom. The van der Waals surface area contributed by atoms with Gasteiger partial charge in [0, 0.05) is 18.0 Å². The van der Waals surface area contributed by atoms with Gasteiger partial charge in [-0.15, -0.1) is 11.3 Å². The van der Waals surface area contributed by atoms with Crippen LogP contribution in [-0.4, -0.2) is 36.3 Å². The molecule has 0 N–H and O–H groups in total. The van der Waals surface area contributed by atoms with Crippen LogP contribution in [0.4, 0.5) is 5.82 Å². The summed E-state index contributed by atoms with van der Waals surface area (Å²) in [5.74, 6) is 1.78. The summed E-state index contributed by atoms with van der Waals surface area (Å²) < 4.78 is 5.46. The number of aryl methyl sites for hydroxylation is 1. The fourth-order valence-corrected chi connectivity index (χ4v) is 4.89. The molecule has 6 heteroatoms. The highest BCUT2D eigenvalue weighted by molar-refractivity contribution is 7.19. The molecule has 21 heavy (non-hydrogen) atoms. The standard InChI is InChI=1S/C15H18ClN3OS/c1-9-2-3-10-11(8-9)21-14-12(10)13(17-15(16)18-14)19-4-6-20-7-5-19/h9H,2-8H2,1H3. The minimum Gasteiger partial charge on any atom is -0.378 e. The number of rotatable bonds is 1. The molecule has 0 spiro atoms. The molecule has 0 saturated carbocycles. The maximum Gasteiger partial charge on any atom is 0.225 e. The molecule has 1 fully saturated rings. The van der Waals surface area contributed by atoms with Crippen molar-refractivity contribution < 1.29 is 4.74 Å². The average Bonchev–Trinajstić information content (AvgIpc) is 2.84. The number of hydrogen-bond acceptors (Lipinski definition) is 5. The van der Waals surface area contributed by atoms with Crippen molar-refractivity contribution in [3.63, 3.8) is 0 Å². The second-order valence-electron chi connectivity index (χ2n) is 5.95. The third kappa shape index (κ3) is 2.41. The van der Waals surface area contributed by atoms with E-state index in [0.717, 1.165) is 55.7 Å². The van der Waals surface area contributed by atoms with Crippen LogP contribution in [0.3, 0.4) is 0 Å². The third-order valence-electron chi connectivity index (χ3n) is 4.42. The number of anilines is 1. The van der Waals surface area contributed by atoms with E-state index in [1.165, 1.54) is 22.2 Å². The van der Waals surface area contributed by atoms with Gasteiger partial charge in [0.05, 0.1) is 18.6 Å². The number of halogens is 1. The Hall–Kier alpha value is -0.910. The lowest BCUT2D eigenvalue weighted by Gasteiger charge is -2.29. The van der Waals surface area contributed by atoms with Gasteiger partial charge in [-0.05, 0) is 42.3 Å². The second-order valence-corrected chi connectivity index (χ2v) is 7.37. The fraction of sp³-hybridized carbons (Fsp3) is 0.600. The first kappa shape index (κ1) is 13.7. The van der Waals surface area contributed by atoms with Crippen molar-refractivity contribution in [1.29, 1.82) is 0 Å². The summed E-state index contributed by atoms with van der Waals surface area (Å²) in [4.78, 5) is 13.9. The Bertz CT molecular complexity index is 681. The summed E-state index contributed by atoms with van der Waals surface area (Å²) in [5, 5.41) is 1.60. The van der Waals surface area contributed by atoms with Crippen LogP contribution in [0.1, 0.15) is 23.8 Å². The summed E-state index contributed by atoms with van der Waals surface area (Å²) in [6.45, 7) is 5.60. The first-order valence-electron chi connectivity index (χ1n) is 7.53.